The number of hydrogen-bond acceptors (Lipinski definition) is 3. The van der Waals surface area contributed by atoms with Gasteiger partial charge >= 0.3 is 0 Å². The summed E-state index contributed by atoms with van der Waals surface area (Å²) in [4.78, 5) is 11.4. The van der Waals surface area contributed by atoms with Gasteiger partial charge in [0.05, 0.1) is 17.7 Å². The topological polar surface area (TPSA) is 72.9 Å². The van der Waals surface area contributed by atoms with Crippen molar-refractivity contribution in [1.82, 2.24) is 15.1 Å². The molecule has 0 aromatic carbocycles. The van der Waals surface area contributed by atoms with Gasteiger partial charge in [0.25, 0.3) is 0 Å². The molecule has 5 heteroatoms. The lowest BCUT2D eigenvalue weighted by Gasteiger charge is -2.30. The van der Waals surface area contributed by atoms with Gasteiger partial charge in [-0.15, -0.1) is 0 Å². The number of aromatic nitrogens is 2. The number of aryl methyl sites for hydroxylation is 1. The van der Waals surface area contributed by atoms with Crippen LogP contribution in [0.4, 0.5) is 0 Å². The van der Waals surface area contributed by atoms with E-state index < -0.39 is 0 Å². The lowest BCUT2D eigenvalue weighted by atomic mass is 9.88. The minimum Gasteiger partial charge on any atom is -0.369 e. The molecule has 2 heterocycles. The fraction of sp³-hybridized carbons (Fsp3) is 0.636. The molecular weight excluding hydrogens is 204 g/mol. The Hall–Kier alpha value is -1.36. The number of hydrogen-bond donors (Lipinski definition) is 2. The van der Waals surface area contributed by atoms with Crippen LogP contribution in [0.15, 0.2) is 12.3 Å². The summed E-state index contributed by atoms with van der Waals surface area (Å²) in [5.41, 5.74) is 6.51. The average molecular weight is 222 g/mol. The molecule has 2 atom stereocenters. The average Bonchev–Trinajstić information content (AvgIpc) is 2.76. The van der Waals surface area contributed by atoms with Gasteiger partial charge in [0.1, 0.15) is 0 Å². The van der Waals surface area contributed by atoms with Gasteiger partial charge in [-0.05, 0) is 32.4 Å². The van der Waals surface area contributed by atoms with Crippen LogP contribution in [0.5, 0.6) is 0 Å². The summed E-state index contributed by atoms with van der Waals surface area (Å²) in [6.07, 6.45) is 3.64. The number of amides is 1. The number of nitrogens with one attached hydrogen (secondary N) is 1. The summed E-state index contributed by atoms with van der Waals surface area (Å²) in [6, 6.07) is 1.98. The van der Waals surface area contributed by atoms with Crippen molar-refractivity contribution in [3.63, 3.8) is 0 Å². The molecule has 0 aliphatic carbocycles. The summed E-state index contributed by atoms with van der Waals surface area (Å²) in [7, 11) is 0. The van der Waals surface area contributed by atoms with Crippen molar-refractivity contribution in [2.24, 2.45) is 11.7 Å². The molecule has 0 bridgehead atoms. The van der Waals surface area contributed by atoms with E-state index >= 15 is 0 Å². The molecule has 1 aromatic rings. The predicted octanol–water partition coefficient (Wildman–Crippen LogP) is 0.429. The molecule has 1 fully saturated rings. The molecule has 1 saturated heterocycles. The van der Waals surface area contributed by atoms with E-state index in [2.05, 4.69) is 10.4 Å². The maximum atomic E-state index is 11.4. The van der Waals surface area contributed by atoms with E-state index in [0.29, 0.717) is 0 Å². The van der Waals surface area contributed by atoms with Crippen LogP contribution in [-0.4, -0.2) is 22.2 Å². The van der Waals surface area contributed by atoms with E-state index in [0.717, 1.165) is 31.6 Å². The second-order valence-corrected chi connectivity index (χ2v) is 4.15. The van der Waals surface area contributed by atoms with Gasteiger partial charge in [-0.2, -0.15) is 5.10 Å². The minimum atomic E-state index is -0.221. The Morgan fingerprint density at radius 3 is 3.25 bits per heavy atom. The molecule has 0 spiro atoms. The quantitative estimate of drug-likeness (QED) is 0.779. The van der Waals surface area contributed by atoms with Gasteiger partial charge in [-0.3, -0.25) is 9.48 Å². The maximum Gasteiger partial charge on any atom is 0.222 e. The van der Waals surface area contributed by atoms with E-state index in [9.17, 15) is 4.79 Å². The van der Waals surface area contributed by atoms with E-state index in [1.54, 1.807) is 6.20 Å². The molecular formula is C11H18N4O. The lowest BCUT2D eigenvalue weighted by Crippen LogP contribution is -2.41. The molecule has 3 N–H and O–H groups in total. The van der Waals surface area contributed by atoms with Crippen LogP contribution >= 0.6 is 0 Å². The Morgan fingerprint density at radius 1 is 1.75 bits per heavy atom. The fourth-order valence-electron chi connectivity index (χ4n) is 2.38. The minimum absolute atomic E-state index is 0.0219. The highest BCUT2D eigenvalue weighted by atomic mass is 16.1. The van der Waals surface area contributed by atoms with Crippen molar-refractivity contribution >= 4 is 5.91 Å². The Kier molecular flexibility index (Phi) is 3.24. The van der Waals surface area contributed by atoms with Crippen LogP contribution in [0.2, 0.25) is 0 Å². The van der Waals surface area contributed by atoms with Crippen molar-refractivity contribution < 1.29 is 4.79 Å². The number of carbonyl (C=O) groups excluding carboxylic acids is 1. The molecule has 5 nitrogen and oxygen atoms in total. The molecule has 1 aromatic heterocycles. The summed E-state index contributed by atoms with van der Waals surface area (Å²) in [5, 5.41) is 7.59. The molecule has 16 heavy (non-hydrogen) atoms. The van der Waals surface area contributed by atoms with Crippen molar-refractivity contribution in [3.8, 4) is 0 Å². The third-order valence-corrected chi connectivity index (χ3v) is 3.19. The van der Waals surface area contributed by atoms with Crippen molar-refractivity contribution in [2.75, 3.05) is 6.54 Å². The van der Waals surface area contributed by atoms with Gasteiger partial charge in [0.15, 0.2) is 0 Å². The molecule has 1 aliphatic heterocycles. The highest BCUT2D eigenvalue weighted by Gasteiger charge is 2.32. The highest BCUT2D eigenvalue weighted by Crippen LogP contribution is 2.28. The second-order valence-electron chi connectivity index (χ2n) is 4.15. The van der Waals surface area contributed by atoms with Gasteiger partial charge < -0.3 is 11.1 Å². The summed E-state index contributed by atoms with van der Waals surface area (Å²) < 4.78 is 1.92. The Labute approximate surface area is 95.0 Å². The fourth-order valence-corrected chi connectivity index (χ4v) is 2.38. The molecule has 1 aliphatic rings. The molecule has 0 radical (unpaired) electrons. The largest absolute Gasteiger partial charge is 0.369 e. The normalized spacial score (nSPS) is 25.6. The number of nitrogens with zero attached hydrogens (tertiary/aromatic N) is 2. The number of primary amides is 1. The lowest BCUT2D eigenvalue weighted by molar-refractivity contribution is -0.123. The molecule has 2 unspecified atom stereocenters. The molecule has 1 amide bonds. The van der Waals surface area contributed by atoms with Gasteiger partial charge in [0, 0.05) is 12.7 Å². The monoisotopic (exact) mass is 222 g/mol. The second kappa shape index (κ2) is 4.65. The van der Waals surface area contributed by atoms with Crippen LogP contribution in [0.3, 0.4) is 0 Å². The van der Waals surface area contributed by atoms with E-state index in [4.69, 9.17) is 5.73 Å². The molecule has 0 saturated carbocycles. The smallest absolute Gasteiger partial charge is 0.222 e. The van der Waals surface area contributed by atoms with Crippen molar-refractivity contribution in [1.29, 1.82) is 0 Å². The first-order chi connectivity index (χ1) is 7.74. The SMILES string of the molecule is CCn1nccc1C1NCCCC1C(N)=O. The molecule has 2 rings (SSSR count). The van der Waals surface area contributed by atoms with Gasteiger partial charge in [-0.1, -0.05) is 0 Å². The summed E-state index contributed by atoms with van der Waals surface area (Å²) in [5.74, 6) is -0.336. The van der Waals surface area contributed by atoms with Crippen molar-refractivity contribution in [3.05, 3.63) is 18.0 Å². The van der Waals surface area contributed by atoms with E-state index in [1.807, 2.05) is 17.7 Å². The Balaban J connectivity index is 2.26. The zero-order valence-electron chi connectivity index (χ0n) is 9.52. The van der Waals surface area contributed by atoms with Crippen molar-refractivity contribution in [2.45, 2.75) is 32.4 Å². The zero-order chi connectivity index (χ0) is 11.5. The third kappa shape index (κ3) is 1.95. The Bertz CT molecular complexity index is 374. The van der Waals surface area contributed by atoms with E-state index in [1.165, 1.54) is 0 Å². The summed E-state index contributed by atoms with van der Waals surface area (Å²) >= 11 is 0. The van der Waals surface area contributed by atoms with Crippen LogP contribution < -0.4 is 11.1 Å². The predicted molar refractivity (Wildman–Crippen MR) is 60.6 cm³/mol. The Morgan fingerprint density at radius 2 is 2.56 bits per heavy atom. The van der Waals surface area contributed by atoms with Crippen LogP contribution in [0.25, 0.3) is 0 Å². The first-order valence-electron chi connectivity index (χ1n) is 5.78. The number of carbonyl (C=O) groups is 1. The zero-order valence-corrected chi connectivity index (χ0v) is 9.52. The number of rotatable bonds is 3. The standard InChI is InChI=1S/C11H18N4O/c1-2-15-9(5-7-14-15)10-8(11(12)16)4-3-6-13-10/h5,7-8,10,13H,2-4,6H2,1H3,(H2,12,16). The third-order valence-electron chi connectivity index (χ3n) is 3.19. The summed E-state index contributed by atoms with van der Waals surface area (Å²) in [6.45, 7) is 3.79. The first kappa shape index (κ1) is 11.1. The first-order valence-corrected chi connectivity index (χ1v) is 5.78. The number of piperidine rings is 1. The highest BCUT2D eigenvalue weighted by molar-refractivity contribution is 5.77. The van der Waals surface area contributed by atoms with Crippen LogP contribution in [0, 0.1) is 5.92 Å². The van der Waals surface area contributed by atoms with Gasteiger partial charge in [0.2, 0.25) is 5.91 Å². The van der Waals surface area contributed by atoms with Crippen LogP contribution in [-0.2, 0) is 11.3 Å². The maximum absolute atomic E-state index is 11.4. The molecule has 88 valence electrons. The van der Waals surface area contributed by atoms with Crippen LogP contribution in [0.1, 0.15) is 31.5 Å². The van der Waals surface area contributed by atoms with Gasteiger partial charge in [-0.25, -0.2) is 0 Å². The van der Waals surface area contributed by atoms with E-state index in [-0.39, 0.29) is 17.9 Å². The number of nitrogens with two attached hydrogens (primary N) is 1.